The molecule has 1 aromatic carbocycles. The van der Waals surface area contributed by atoms with Gasteiger partial charge >= 0.3 is 0 Å². The molecule has 44 heavy (non-hydrogen) atoms. The zero-order valence-electron chi connectivity index (χ0n) is 25.4. The molecule has 9 heteroatoms. The van der Waals surface area contributed by atoms with Gasteiger partial charge in [-0.3, -0.25) is 14.8 Å². The van der Waals surface area contributed by atoms with E-state index >= 15 is 0 Å². The first-order valence-electron chi connectivity index (χ1n) is 14.3. The molecule has 0 aliphatic carbocycles. The first-order chi connectivity index (χ1) is 21.1. The summed E-state index contributed by atoms with van der Waals surface area (Å²) in [6, 6.07) is 11.0. The Hall–Kier alpha value is -4.73. The summed E-state index contributed by atoms with van der Waals surface area (Å²) >= 11 is 0. The van der Waals surface area contributed by atoms with Crippen molar-refractivity contribution < 1.29 is 4.39 Å². The maximum atomic E-state index is 14.7. The van der Waals surface area contributed by atoms with Gasteiger partial charge in [0, 0.05) is 57.7 Å². The predicted octanol–water partition coefficient (Wildman–Crippen LogP) is 7.99. The van der Waals surface area contributed by atoms with Gasteiger partial charge in [0.05, 0.1) is 17.1 Å². The van der Waals surface area contributed by atoms with E-state index in [1.54, 1.807) is 12.3 Å². The number of rotatable bonds is 12. The fourth-order valence-electron chi connectivity index (χ4n) is 5.04. The van der Waals surface area contributed by atoms with E-state index in [1.807, 2.05) is 49.7 Å². The molecule has 0 unspecified atom stereocenters. The van der Waals surface area contributed by atoms with Gasteiger partial charge in [0.1, 0.15) is 5.82 Å². The minimum absolute atomic E-state index is 0.324. The number of aromatic nitrogens is 5. The third kappa shape index (κ3) is 6.90. The van der Waals surface area contributed by atoms with Crippen LogP contribution in [0.5, 0.6) is 0 Å². The molecule has 0 atom stereocenters. The number of hydrogen-bond donors (Lipinski definition) is 4. The van der Waals surface area contributed by atoms with E-state index in [-0.39, 0.29) is 5.82 Å². The van der Waals surface area contributed by atoms with Crippen LogP contribution in [0.4, 0.5) is 4.39 Å². The largest absolute Gasteiger partial charge is 0.359 e. The number of aromatic amines is 2. The first kappa shape index (κ1) is 30.7. The Balaban J connectivity index is 1.53. The topological polar surface area (TPSA) is 94.3 Å². The molecular weight excluding hydrogens is 569 g/mol. The van der Waals surface area contributed by atoms with Crippen molar-refractivity contribution in [1.29, 1.82) is 0 Å². The second-order valence-corrected chi connectivity index (χ2v) is 13.8. The van der Waals surface area contributed by atoms with E-state index < -0.39 is 9.39 Å². The lowest BCUT2D eigenvalue weighted by Gasteiger charge is -2.12. The van der Waals surface area contributed by atoms with Crippen LogP contribution in [0.3, 0.4) is 0 Å². The van der Waals surface area contributed by atoms with Crippen LogP contribution in [0.15, 0.2) is 91.6 Å². The van der Waals surface area contributed by atoms with Crippen molar-refractivity contribution in [3.8, 4) is 22.6 Å². The molecule has 5 aromatic rings. The van der Waals surface area contributed by atoms with Crippen molar-refractivity contribution in [2.24, 2.45) is 0 Å². The number of hydrogen-bond acceptors (Lipinski definition) is 5. The van der Waals surface area contributed by atoms with Gasteiger partial charge in [-0.2, -0.15) is 14.5 Å². The summed E-state index contributed by atoms with van der Waals surface area (Å²) in [6.07, 6.45) is 13.2. The number of halogens is 1. The van der Waals surface area contributed by atoms with Crippen LogP contribution in [0, 0.1) is 5.82 Å². The quantitative estimate of drug-likeness (QED) is 0.0852. The molecule has 4 heterocycles. The molecule has 0 radical (unpaired) electrons. The number of nitrogens with one attached hydrogen (secondary N) is 4. The molecular formula is C35H38FN7S. The Morgan fingerprint density at radius 1 is 1.11 bits per heavy atom. The molecule has 226 valence electrons. The molecule has 4 aromatic heterocycles. The highest BCUT2D eigenvalue weighted by Gasteiger charge is 2.16. The van der Waals surface area contributed by atoms with Gasteiger partial charge in [-0.25, -0.2) is 9.37 Å². The predicted molar refractivity (Wildman–Crippen MR) is 188 cm³/mol. The number of nitrogens with zero attached hydrogens (tertiary/aromatic N) is 3. The van der Waals surface area contributed by atoms with Gasteiger partial charge < -0.3 is 10.3 Å². The molecule has 0 fully saturated rings. The van der Waals surface area contributed by atoms with Crippen molar-refractivity contribution in [1.82, 2.24) is 35.2 Å². The molecule has 5 rings (SSSR count). The van der Waals surface area contributed by atoms with Crippen LogP contribution in [0.1, 0.15) is 37.8 Å². The Kier molecular flexibility index (Phi) is 8.98. The summed E-state index contributed by atoms with van der Waals surface area (Å²) in [5, 5.41) is 12.7. The fraction of sp³-hybridized carbons (Fsp3) is 0.171. The van der Waals surface area contributed by atoms with E-state index in [2.05, 4.69) is 73.1 Å². The van der Waals surface area contributed by atoms with E-state index in [0.717, 1.165) is 68.6 Å². The molecule has 0 saturated carbocycles. The van der Waals surface area contributed by atoms with Crippen molar-refractivity contribution in [3.05, 3.63) is 109 Å². The summed E-state index contributed by atoms with van der Waals surface area (Å²) in [6.45, 7) is 12.7. The van der Waals surface area contributed by atoms with Crippen molar-refractivity contribution in [2.75, 3.05) is 6.26 Å². The number of allylic oxidation sites excluding steroid dienone is 5. The maximum Gasteiger partial charge on any atom is 0.181 e. The van der Waals surface area contributed by atoms with Crippen LogP contribution in [0.2, 0.25) is 0 Å². The lowest BCUT2D eigenvalue weighted by Crippen LogP contribution is -2.10. The van der Waals surface area contributed by atoms with E-state index in [9.17, 15) is 4.39 Å². The summed E-state index contributed by atoms with van der Waals surface area (Å²) in [7, 11) is -1.44. The number of benzene rings is 1. The summed E-state index contributed by atoms with van der Waals surface area (Å²) in [5.41, 5.74) is 9.01. The monoisotopic (exact) mass is 607 g/mol. The highest BCUT2D eigenvalue weighted by atomic mass is 32.2. The van der Waals surface area contributed by atoms with Crippen LogP contribution < -0.4 is 10.0 Å². The Bertz CT molecular complexity index is 2040. The summed E-state index contributed by atoms with van der Waals surface area (Å²) in [4.78, 5) is 12.8. The normalized spacial score (nSPS) is 12.6. The smallest absolute Gasteiger partial charge is 0.181 e. The minimum Gasteiger partial charge on any atom is -0.359 e. The van der Waals surface area contributed by atoms with Crippen LogP contribution in [-0.2, 0) is 6.54 Å². The zero-order valence-corrected chi connectivity index (χ0v) is 26.2. The van der Waals surface area contributed by atoms with Crippen molar-refractivity contribution >= 4 is 48.6 Å². The average Bonchev–Trinajstić information content (AvgIpc) is 3.61. The molecule has 0 aliphatic rings. The molecule has 0 aliphatic heterocycles. The summed E-state index contributed by atoms with van der Waals surface area (Å²) in [5.74, 6) is 7.78. The molecule has 4 N–H and O–H groups in total. The fourth-order valence-corrected chi connectivity index (χ4v) is 5.56. The minimum atomic E-state index is -1.44. The van der Waals surface area contributed by atoms with Gasteiger partial charge in [-0.15, -0.1) is 0 Å². The van der Waals surface area contributed by atoms with Crippen LogP contribution in [-0.4, -0.2) is 43.1 Å². The third-order valence-corrected chi connectivity index (χ3v) is 7.97. The highest BCUT2D eigenvalue weighted by Crippen LogP contribution is 2.34. The van der Waals surface area contributed by atoms with Gasteiger partial charge in [0.25, 0.3) is 0 Å². The van der Waals surface area contributed by atoms with Crippen LogP contribution in [0.25, 0.3) is 50.2 Å². The highest BCUT2D eigenvalue weighted by molar-refractivity contribution is 8.25. The Morgan fingerprint density at radius 2 is 1.93 bits per heavy atom. The van der Waals surface area contributed by atoms with Gasteiger partial charge in [0.15, 0.2) is 5.65 Å². The van der Waals surface area contributed by atoms with E-state index in [4.69, 9.17) is 0 Å². The zero-order chi connectivity index (χ0) is 31.4. The summed E-state index contributed by atoms with van der Waals surface area (Å²) < 4.78 is 18.0. The standard InChI is InChI=1S/C35H38FN7S/c1-8-11-22(4)40-28(10-3)17-24(9-2)26-18-30-34(42-43-35(30)38-21-26)32-19-29-31(41-32)12-13-37-33(29)25-14-23(15-27(36)16-25)20-39-44(5,6)7/h9-10,12-19,21,39-41H,3-6,8,11,20H2,1-2,7H3,(H,38,42,43)/b24-9+,28-17+. The first-order valence-corrected chi connectivity index (χ1v) is 16.7. The lowest BCUT2D eigenvalue weighted by molar-refractivity contribution is 0.625. The van der Waals surface area contributed by atoms with Crippen molar-refractivity contribution in [3.63, 3.8) is 0 Å². The molecule has 0 bridgehead atoms. The Labute approximate surface area is 258 Å². The number of fused-ring (bicyclic) bond motifs is 2. The second-order valence-electron chi connectivity index (χ2n) is 11.0. The molecule has 0 saturated heterocycles. The van der Waals surface area contributed by atoms with Crippen molar-refractivity contribution in [2.45, 2.75) is 33.2 Å². The SMILES string of the molecule is C=C/C(=C\C(=C/C)c1cnc2n[nH]c(-c3cc4c(-c5cc(F)cc(CNS(=C)(=C)C)c5)nccc4[nH]3)c2c1)NC(=C)CCC. The van der Waals surface area contributed by atoms with Gasteiger partial charge in [-0.1, -0.05) is 44.3 Å². The van der Waals surface area contributed by atoms with Gasteiger partial charge in [-0.05, 0) is 79.3 Å². The molecule has 7 nitrogen and oxygen atoms in total. The van der Waals surface area contributed by atoms with E-state index in [0.29, 0.717) is 23.4 Å². The number of H-pyrrole nitrogens is 2. The molecule has 0 spiro atoms. The second kappa shape index (κ2) is 12.9. The lowest BCUT2D eigenvalue weighted by atomic mass is 10.0. The third-order valence-electron chi connectivity index (χ3n) is 7.13. The van der Waals surface area contributed by atoms with E-state index in [1.165, 1.54) is 12.1 Å². The van der Waals surface area contributed by atoms with Crippen LogP contribution >= 0.6 is 9.39 Å². The Morgan fingerprint density at radius 3 is 2.66 bits per heavy atom. The van der Waals surface area contributed by atoms with Gasteiger partial charge in [0.2, 0.25) is 0 Å². The average molecular weight is 608 g/mol. The maximum absolute atomic E-state index is 14.7. The number of pyridine rings is 2. The molecule has 0 amide bonds.